The van der Waals surface area contributed by atoms with Crippen molar-refractivity contribution in [1.82, 2.24) is 0 Å². The lowest BCUT2D eigenvalue weighted by molar-refractivity contribution is -0.896. The Morgan fingerprint density at radius 2 is 1.44 bits per heavy atom. The van der Waals surface area contributed by atoms with Gasteiger partial charge in [-0.3, -0.25) is 0 Å². The highest BCUT2D eigenvalue weighted by Crippen LogP contribution is 2.18. The molecule has 2 heteroatoms. The molecule has 0 bridgehead atoms. The van der Waals surface area contributed by atoms with E-state index in [0.717, 1.165) is 17.3 Å². The highest BCUT2D eigenvalue weighted by molar-refractivity contribution is 4.59. The Morgan fingerprint density at radius 3 is 1.94 bits per heavy atom. The van der Waals surface area contributed by atoms with Crippen LogP contribution in [0.1, 0.15) is 58.3 Å². The quantitative estimate of drug-likeness (QED) is 0.451. The third-order valence-electron chi connectivity index (χ3n) is 3.43. The van der Waals surface area contributed by atoms with Gasteiger partial charge in [0.05, 0.1) is 27.2 Å². The zero-order valence-corrected chi connectivity index (χ0v) is 11.8. The van der Waals surface area contributed by atoms with Crippen molar-refractivity contribution in [2.45, 2.75) is 64.3 Å². The van der Waals surface area contributed by atoms with Gasteiger partial charge in [0.25, 0.3) is 0 Å². The number of nitrogens with zero attached hydrogens (tertiary/aromatic N) is 1. The predicted octanol–water partition coefficient (Wildman–Crippen LogP) is 3.19. The van der Waals surface area contributed by atoms with E-state index < -0.39 is 0 Å². The summed E-state index contributed by atoms with van der Waals surface area (Å²) in [6, 6.07) is 0.716. The van der Waals surface area contributed by atoms with Crippen molar-refractivity contribution in [1.29, 1.82) is 0 Å². The second-order valence-corrected chi connectivity index (χ2v) is 5.84. The minimum Gasteiger partial charge on any atom is -0.396 e. The molecule has 0 rings (SSSR count). The van der Waals surface area contributed by atoms with Crippen LogP contribution in [0.4, 0.5) is 0 Å². The molecular weight excluding hydrogens is 198 g/mol. The molecule has 1 N–H and O–H groups in total. The van der Waals surface area contributed by atoms with E-state index in [1.165, 1.54) is 38.5 Å². The van der Waals surface area contributed by atoms with Crippen LogP contribution in [0.15, 0.2) is 0 Å². The van der Waals surface area contributed by atoms with Crippen LogP contribution in [0.2, 0.25) is 0 Å². The number of quaternary nitrogens is 1. The van der Waals surface area contributed by atoms with Gasteiger partial charge in [0.1, 0.15) is 0 Å². The fourth-order valence-electron chi connectivity index (χ4n) is 2.23. The molecule has 0 saturated heterocycles. The smallest absolute Gasteiger partial charge is 0.0884 e. The lowest BCUT2D eigenvalue weighted by atomic mass is 10.0. The summed E-state index contributed by atoms with van der Waals surface area (Å²) >= 11 is 0. The first-order valence-corrected chi connectivity index (χ1v) is 6.94. The van der Waals surface area contributed by atoms with Gasteiger partial charge in [-0.25, -0.2) is 0 Å². The van der Waals surface area contributed by atoms with Crippen molar-refractivity contribution in [3.8, 4) is 0 Å². The fourth-order valence-corrected chi connectivity index (χ4v) is 2.23. The van der Waals surface area contributed by atoms with Gasteiger partial charge in [-0.2, -0.15) is 0 Å². The highest BCUT2D eigenvalue weighted by Gasteiger charge is 2.22. The topological polar surface area (TPSA) is 20.2 Å². The van der Waals surface area contributed by atoms with Crippen LogP contribution in [0.25, 0.3) is 0 Å². The van der Waals surface area contributed by atoms with Crippen molar-refractivity contribution in [2.24, 2.45) is 0 Å². The summed E-state index contributed by atoms with van der Waals surface area (Å²) in [5, 5.41) is 8.92. The molecular formula is C14H32NO+. The molecule has 0 heterocycles. The van der Waals surface area contributed by atoms with E-state index in [9.17, 15) is 0 Å². The van der Waals surface area contributed by atoms with Gasteiger partial charge >= 0.3 is 0 Å². The van der Waals surface area contributed by atoms with E-state index in [1.54, 1.807) is 0 Å². The summed E-state index contributed by atoms with van der Waals surface area (Å²) in [5.41, 5.74) is 0. The Hall–Kier alpha value is -0.0800. The summed E-state index contributed by atoms with van der Waals surface area (Å²) in [7, 11) is 6.82. The summed E-state index contributed by atoms with van der Waals surface area (Å²) in [6.45, 7) is 2.60. The number of rotatable bonds is 10. The summed E-state index contributed by atoms with van der Waals surface area (Å²) in [6.07, 6.45) is 10.3. The van der Waals surface area contributed by atoms with Gasteiger partial charge in [0.2, 0.25) is 0 Å². The second-order valence-electron chi connectivity index (χ2n) is 5.84. The Balaban J connectivity index is 3.75. The Kier molecular flexibility index (Phi) is 8.96. The number of hydrogen-bond donors (Lipinski definition) is 1. The lowest BCUT2D eigenvalue weighted by Crippen LogP contribution is -2.45. The van der Waals surface area contributed by atoms with E-state index in [2.05, 4.69) is 28.1 Å². The van der Waals surface area contributed by atoms with E-state index >= 15 is 0 Å². The minimum absolute atomic E-state index is 0.340. The number of hydrogen-bond acceptors (Lipinski definition) is 1. The van der Waals surface area contributed by atoms with Crippen LogP contribution in [-0.2, 0) is 0 Å². The van der Waals surface area contributed by atoms with Gasteiger partial charge in [-0.05, 0) is 19.3 Å². The standard InChI is InChI=1S/C14H32NO/c1-5-6-7-8-9-11-14(12-10-13-16)15(2,3)4/h14,16H,5-13H2,1-4H3/q+1. The molecule has 98 valence electrons. The molecule has 2 nitrogen and oxygen atoms in total. The summed E-state index contributed by atoms with van der Waals surface area (Å²) in [4.78, 5) is 0. The molecule has 0 aromatic heterocycles. The SMILES string of the molecule is CCCCCCCC(CCCO)[N+](C)(C)C. The van der Waals surface area contributed by atoms with Crippen LogP contribution in [-0.4, -0.2) is 43.4 Å². The van der Waals surface area contributed by atoms with Crippen molar-refractivity contribution in [3.63, 3.8) is 0 Å². The van der Waals surface area contributed by atoms with Gasteiger partial charge in [-0.1, -0.05) is 32.6 Å². The van der Waals surface area contributed by atoms with Crippen molar-refractivity contribution in [3.05, 3.63) is 0 Å². The summed E-state index contributed by atoms with van der Waals surface area (Å²) in [5.74, 6) is 0. The molecule has 16 heavy (non-hydrogen) atoms. The zero-order chi connectivity index (χ0) is 12.4. The molecule has 0 radical (unpaired) electrons. The van der Waals surface area contributed by atoms with Crippen molar-refractivity contribution in [2.75, 3.05) is 27.7 Å². The van der Waals surface area contributed by atoms with E-state index in [-0.39, 0.29) is 0 Å². The molecule has 0 spiro atoms. The van der Waals surface area contributed by atoms with Gasteiger partial charge in [0.15, 0.2) is 0 Å². The molecule has 0 aromatic rings. The molecule has 0 aliphatic carbocycles. The number of aliphatic hydroxyl groups is 1. The number of aliphatic hydroxyl groups excluding tert-OH is 1. The maximum atomic E-state index is 8.92. The van der Waals surface area contributed by atoms with E-state index in [1.807, 2.05) is 0 Å². The van der Waals surface area contributed by atoms with Crippen LogP contribution in [0.5, 0.6) is 0 Å². The van der Waals surface area contributed by atoms with Gasteiger partial charge in [-0.15, -0.1) is 0 Å². The number of unbranched alkanes of at least 4 members (excludes halogenated alkanes) is 4. The highest BCUT2D eigenvalue weighted by atomic mass is 16.2. The first kappa shape index (κ1) is 15.9. The van der Waals surface area contributed by atoms with E-state index in [0.29, 0.717) is 12.6 Å². The first-order chi connectivity index (χ1) is 7.52. The maximum absolute atomic E-state index is 8.92. The van der Waals surface area contributed by atoms with E-state index in [4.69, 9.17) is 5.11 Å². The second kappa shape index (κ2) is 9.00. The molecule has 0 aromatic carbocycles. The van der Waals surface area contributed by atoms with Crippen LogP contribution < -0.4 is 0 Å². The Morgan fingerprint density at radius 1 is 0.875 bits per heavy atom. The van der Waals surface area contributed by atoms with Crippen molar-refractivity contribution >= 4 is 0 Å². The minimum atomic E-state index is 0.340. The summed E-state index contributed by atoms with van der Waals surface area (Å²) < 4.78 is 1.04. The first-order valence-electron chi connectivity index (χ1n) is 6.94. The third kappa shape index (κ3) is 8.12. The van der Waals surface area contributed by atoms with Gasteiger partial charge in [0, 0.05) is 13.0 Å². The van der Waals surface area contributed by atoms with Crippen LogP contribution in [0.3, 0.4) is 0 Å². The van der Waals surface area contributed by atoms with Crippen molar-refractivity contribution < 1.29 is 9.59 Å². The van der Waals surface area contributed by atoms with Crippen LogP contribution >= 0.6 is 0 Å². The molecule has 1 atom stereocenters. The maximum Gasteiger partial charge on any atom is 0.0884 e. The molecule has 0 fully saturated rings. The predicted molar refractivity (Wildman–Crippen MR) is 71.5 cm³/mol. The largest absolute Gasteiger partial charge is 0.396 e. The third-order valence-corrected chi connectivity index (χ3v) is 3.43. The molecule has 0 saturated carbocycles. The Bertz CT molecular complexity index is 151. The molecule has 0 aliphatic heterocycles. The molecule has 0 aliphatic rings. The average Bonchev–Trinajstić information content (AvgIpc) is 2.20. The molecule has 1 unspecified atom stereocenters. The molecule has 0 amide bonds. The monoisotopic (exact) mass is 230 g/mol. The fraction of sp³-hybridized carbons (Fsp3) is 1.00. The average molecular weight is 230 g/mol. The lowest BCUT2D eigenvalue weighted by Gasteiger charge is -2.34. The van der Waals surface area contributed by atoms with Crippen LogP contribution in [0, 0.1) is 0 Å². The zero-order valence-electron chi connectivity index (χ0n) is 11.8. The Labute approximate surface area is 102 Å². The normalized spacial score (nSPS) is 14.1. The van der Waals surface area contributed by atoms with Gasteiger partial charge < -0.3 is 9.59 Å².